The van der Waals surface area contributed by atoms with Gasteiger partial charge in [-0.1, -0.05) is 0 Å². The van der Waals surface area contributed by atoms with E-state index in [1.807, 2.05) is 14.0 Å². The summed E-state index contributed by atoms with van der Waals surface area (Å²) in [5, 5.41) is 3.17. The molecule has 0 aromatic carbocycles. The summed E-state index contributed by atoms with van der Waals surface area (Å²) in [5.41, 5.74) is 0. The van der Waals surface area contributed by atoms with Crippen LogP contribution in [-0.4, -0.2) is 50.7 Å². The van der Waals surface area contributed by atoms with Crippen molar-refractivity contribution in [2.24, 2.45) is 5.92 Å². The van der Waals surface area contributed by atoms with Gasteiger partial charge < -0.3 is 10.1 Å². The molecule has 2 unspecified atom stereocenters. The molecule has 4 heteroatoms. The first-order valence-electron chi connectivity index (χ1n) is 5.15. The fourth-order valence-electron chi connectivity index (χ4n) is 1.99. The Morgan fingerprint density at radius 3 is 3.00 bits per heavy atom. The zero-order valence-electron chi connectivity index (χ0n) is 9.25. The van der Waals surface area contributed by atoms with E-state index in [0.29, 0.717) is 5.92 Å². The molecule has 1 saturated heterocycles. The maximum absolute atomic E-state index is 11.3. The average Bonchev–Trinajstić information content (AvgIpc) is 2.64. The summed E-state index contributed by atoms with van der Waals surface area (Å²) < 4.78 is 4.72. The number of hydrogen-bond donors (Lipinski definition) is 1. The molecule has 1 fully saturated rings. The first-order chi connectivity index (χ1) is 6.69. The van der Waals surface area contributed by atoms with Gasteiger partial charge in [-0.05, 0) is 39.4 Å². The number of ether oxygens (including phenoxy) is 1. The number of carbonyl (C=O) groups excluding carboxylic acids is 1. The van der Waals surface area contributed by atoms with Crippen LogP contribution < -0.4 is 5.32 Å². The van der Waals surface area contributed by atoms with E-state index in [4.69, 9.17) is 4.74 Å². The average molecular weight is 200 g/mol. The number of hydrogen-bond acceptors (Lipinski definition) is 4. The van der Waals surface area contributed by atoms with Crippen LogP contribution in [0, 0.1) is 5.92 Å². The van der Waals surface area contributed by atoms with Gasteiger partial charge in [-0.2, -0.15) is 0 Å². The summed E-state index contributed by atoms with van der Waals surface area (Å²) in [5.74, 6) is 0.544. The first-order valence-corrected chi connectivity index (χ1v) is 5.15. The number of carbonyl (C=O) groups is 1. The van der Waals surface area contributed by atoms with Gasteiger partial charge in [0.15, 0.2) is 0 Å². The summed E-state index contributed by atoms with van der Waals surface area (Å²) in [7, 11) is 3.41. The molecule has 0 saturated carbocycles. The van der Waals surface area contributed by atoms with Crippen LogP contribution >= 0.6 is 0 Å². The molecule has 82 valence electrons. The molecule has 1 aliphatic rings. The topological polar surface area (TPSA) is 41.6 Å². The minimum Gasteiger partial charge on any atom is -0.468 e. The van der Waals surface area contributed by atoms with Gasteiger partial charge in [0, 0.05) is 6.54 Å². The van der Waals surface area contributed by atoms with Crippen molar-refractivity contribution in [1.29, 1.82) is 0 Å². The van der Waals surface area contributed by atoms with Crippen LogP contribution in [-0.2, 0) is 9.53 Å². The Morgan fingerprint density at radius 1 is 1.71 bits per heavy atom. The van der Waals surface area contributed by atoms with E-state index in [1.165, 1.54) is 13.5 Å². The van der Waals surface area contributed by atoms with Crippen molar-refractivity contribution >= 4 is 5.97 Å². The van der Waals surface area contributed by atoms with Gasteiger partial charge in [-0.15, -0.1) is 0 Å². The lowest BCUT2D eigenvalue weighted by Gasteiger charge is -2.21. The lowest BCUT2D eigenvalue weighted by Crippen LogP contribution is -2.38. The maximum atomic E-state index is 11.3. The van der Waals surface area contributed by atoms with E-state index in [2.05, 4.69) is 10.2 Å². The molecule has 0 spiro atoms. The Balaban J connectivity index is 2.37. The minimum atomic E-state index is -0.130. The highest BCUT2D eigenvalue weighted by molar-refractivity contribution is 5.75. The smallest absolute Gasteiger partial charge is 0.322 e. The molecule has 0 aliphatic carbocycles. The van der Waals surface area contributed by atoms with Gasteiger partial charge in [-0.25, -0.2) is 0 Å². The van der Waals surface area contributed by atoms with E-state index in [-0.39, 0.29) is 12.0 Å². The van der Waals surface area contributed by atoms with Crippen LogP contribution in [0.2, 0.25) is 0 Å². The van der Waals surface area contributed by atoms with Gasteiger partial charge in [-0.3, -0.25) is 9.69 Å². The third-order valence-electron chi connectivity index (χ3n) is 2.90. The number of nitrogens with zero attached hydrogens (tertiary/aromatic N) is 1. The minimum absolute atomic E-state index is 0.0955. The highest BCUT2D eigenvalue weighted by atomic mass is 16.5. The standard InChI is InChI=1S/C10H20N2O2/c1-8(10(13)14-3)12-5-4-9(7-12)6-11-2/h8-9,11H,4-7H2,1-3H3. The van der Waals surface area contributed by atoms with E-state index < -0.39 is 0 Å². The summed E-state index contributed by atoms with van der Waals surface area (Å²) in [6.07, 6.45) is 1.17. The number of rotatable bonds is 4. The molecule has 0 aromatic heterocycles. The summed E-state index contributed by atoms with van der Waals surface area (Å²) in [6, 6.07) is -0.0955. The van der Waals surface area contributed by atoms with E-state index >= 15 is 0 Å². The molecule has 1 N–H and O–H groups in total. The summed E-state index contributed by atoms with van der Waals surface area (Å²) in [6.45, 7) is 4.94. The monoisotopic (exact) mass is 200 g/mol. The SMILES string of the molecule is CNCC1CCN(C(C)C(=O)OC)C1. The van der Waals surface area contributed by atoms with Crippen molar-refractivity contribution in [2.75, 3.05) is 33.8 Å². The van der Waals surface area contributed by atoms with Crippen LogP contribution in [0.3, 0.4) is 0 Å². The Labute approximate surface area is 85.6 Å². The second-order valence-corrected chi connectivity index (χ2v) is 3.91. The normalized spacial score (nSPS) is 24.9. The predicted octanol–water partition coefficient (Wildman–Crippen LogP) is 0.0892. The number of likely N-dealkylation sites (tertiary alicyclic amines) is 1. The summed E-state index contributed by atoms with van der Waals surface area (Å²) >= 11 is 0. The molecule has 4 nitrogen and oxygen atoms in total. The fourth-order valence-corrected chi connectivity index (χ4v) is 1.99. The molecule has 1 rings (SSSR count). The zero-order valence-corrected chi connectivity index (χ0v) is 9.25. The largest absolute Gasteiger partial charge is 0.468 e. The van der Waals surface area contributed by atoms with Gasteiger partial charge in [0.1, 0.15) is 6.04 Å². The van der Waals surface area contributed by atoms with Gasteiger partial charge in [0.25, 0.3) is 0 Å². The molecule has 1 heterocycles. The lowest BCUT2D eigenvalue weighted by molar-refractivity contribution is -0.145. The molecule has 0 amide bonds. The third-order valence-corrected chi connectivity index (χ3v) is 2.90. The Kier molecular flexibility index (Phi) is 4.35. The second-order valence-electron chi connectivity index (χ2n) is 3.91. The number of methoxy groups -OCH3 is 1. The van der Waals surface area contributed by atoms with Crippen molar-refractivity contribution in [2.45, 2.75) is 19.4 Å². The highest BCUT2D eigenvalue weighted by Gasteiger charge is 2.29. The van der Waals surface area contributed by atoms with Crippen LogP contribution in [0.4, 0.5) is 0 Å². The van der Waals surface area contributed by atoms with Crippen LogP contribution in [0.5, 0.6) is 0 Å². The Hall–Kier alpha value is -0.610. The number of nitrogens with one attached hydrogen (secondary N) is 1. The maximum Gasteiger partial charge on any atom is 0.322 e. The molecule has 0 aromatic rings. The quantitative estimate of drug-likeness (QED) is 0.653. The molecule has 0 radical (unpaired) electrons. The van der Waals surface area contributed by atoms with Gasteiger partial charge in [0.05, 0.1) is 7.11 Å². The van der Waals surface area contributed by atoms with Crippen molar-refractivity contribution in [3.05, 3.63) is 0 Å². The van der Waals surface area contributed by atoms with Crippen molar-refractivity contribution in [3.63, 3.8) is 0 Å². The van der Waals surface area contributed by atoms with E-state index in [1.54, 1.807) is 0 Å². The lowest BCUT2D eigenvalue weighted by atomic mass is 10.1. The van der Waals surface area contributed by atoms with Crippen LogP contribution in [0.25, 0.3) is 0 Å². The molecule has 0 bridgehead atoms. The van der Waals surface area contributed by atoms with Crippen LogP contribution in [0.15, 0.2) is 0 Å². The van der Waals surface area contributed by atoms with Gasteiger partial charge >= 0.3 is 5.97 Å². The third kappa shape index (κ3) is 2.69. The molecular weight excluding hydrogens is 180 g/mol. The van der Waals surface area contributed by atoms with Gasteiger partial charge in [0.2, 0.25) is 0 Å². The summed E-state index contributed by atoms with van der Waals surface area (Å²) in [4.78, 5) is 13.5. The van der Waals surface area contributed by atoms with Crippen molar-refractivity contribution in [1.82, 2.24) is 10.2 Å². The predicted molar refractivity (Wildman–Crippen MR) is 55.1 cm³/mol. The van der Waals surface area contributed by atoms with E-state index in [0.717, 1.165) is 19.6 Å². The first kappa shape index (κ1) is 11.5. The Bertz CT molecular complexity index is 197. The van der Waals surface area contributed by atoms with Crippen LogP contribution in [0.1, 0.15) is 13.3 Å². The molecule has 1 aliphatic heterocycles. The Morgan fingerprint density at radius 2 is 2.43 bits per heavy atom. The van der Waals surface area contributed by atoms with Crippen molar-refractivity contribution < 1.29 is 9.53 Å². The molecular formula is C10H20N2O2. The molecule has 2 atom stereocenters. The van der Waals surface area contributed by atoms with Crippen molar-refractivity contribution in [3.8, 4) is 0 Å². The highest BCUT2D eigenvalue weighted by Crippen LogP contribution is 2.18. The fraction of sp³-hybridized carbons (Fsp3) is 0.900. The zero-order chi connectivity index (χ0) is 10.6. The molecule has 14 heavy (non-hydrogen) atoms. The second kappa shape index (κ2) is 5.32. The number of esters is 1. The van der Waals surface area contributed by atoms with E-state index in [9.17, 15) is 4.79 Å².